The van der Waals surface area contributed by atoms with Gasteiger partial charge in [-0.05, 0) is 80.8 Å². The second-order valence-electron chi connectivity index (χ2n) is 9.13. The Morgan fingerprint density at radius 2 is 1.69 bits per heavy atom. The van der Waals surface area contributed by atoms with Crippen molar-refractivity contribution < 1.29 is 33.0 Å². The summed E-state index contributed by atoms with van der Waals surface area (Å²) < 4.78 is 22.6. The van der Waals surface area contributed by atoms with Gasteiger partial charge in [0.05, 0.1) is 31.6 Å². The van der Waals surface area contributed by atoms with Crippen molar-refractivity contribution in [3.05, 3.63) is 77.9 Å². The van der Waals surface area contributed by atoms with Crippen LogP contribution in [-0.4, -0.2) is 44.5 Å². The van der Waals surface area contributed by atoms with Gasteiger partial charge in [0.25, 0.3) is 11.7 Å². The van der Waals surface area contributed by atoms with Crippen molar-refractivity contribution in [2.24, 2.45) is 0 Å². The van der Waals surface area contributed by atoms with Crippen LogP contribution in [0.4, 0.5) is 5.69 Å². The third-order valence-electron chi connectivity index (χ3n) is 6.66. The maximum absolute atomic E-state index is 12.9. The van der Waals surface area contributed by atoms with Crippen molar-refractivity contribution in [3.8, 4) is 22.8 Å². The number of benzene rings is 3. The molecule has 8 heteroatoms. The Hall–Kier alpha value is -4.59. The maximum atomic E-state index is 12.9. The number of unbranched alkanes of at least 4 members (excludes halogenated alkanes) is 2. The van der Waals surface area contributed by atoms with Gasteiger partial charge in [0, 0.05) is 17.5 Å². The standard InChI is InChI=1S/C31H29NO7/c1-3-37-31(35)27-24-19-22(15-16-26(24)39-29(27)20-11-13-21(36-2)14-12-20)38-18-8-4-7-17-32-25-10-6-5-9-23(25)28(33)30(32)34/h5-6,9-16,19H,3-4,7-8,17-18H2,1-2H3. The fraction of sp³-hybridized carbons (Fsp3) is 0.258. The van der Waals surface area contributed by atoms with Crippen molar-refractivity contribution in [2.45, 2.75) is 26.2 Å². The molecule has 0 spiro atoms. The average Bonchev–Trinajstić information content (AvgIpc) is 3.46. The molecule has 0 unspecified atom stereocenters. The molecule has 0 radical (unpaired) electrons. The summed E-state index contributed by atoms with van der Waals surface area (Å²) in [6.07, 6.45) is 2.34. The van der Waals surface area contributed by atoms with Gasteiger partial charge >= 0.3 is 5.97 Å². The van der Waals surface area contributed by atoms with Crippen molar-refractivity contribution in [3.63, 3.8) is 0 Å². The molecule has 0 bridgehead atoms. The number of ketones is 1. The first-order valence-corrected chi connectivity index (χ1v) is 13.0. The summed E-state index contributed by atoms with van der Waals surface area (Å²) in [5.41, 5.74) is 2.80. The lowest BCUT2D eigenvalue weighted by Crippen LogP contribution is -2.30. The lowest BCUT2D eigenvalue weighted by Gasteiger charge is -2.16. The van der Waals surface area contributed by atoms with Gasteiger partial charge in [-0.15, -0.1) is 0 Å². The van der Waals surface area contributed by atoms with Gasteiger partial charge in [-0.2, -0.15) is 0 Å². The third kappa shape index (κ3) is 5.23. The lowest BCUT2D eigenvalue weighted by molar-refractivity contribution is -0.114. The number of amides is 1. The summed E-state index contributed by atoms with van der Waals surface area (Å²) in [7, 11) is 1.59. The summed E-state index contributed by atoms with van der Waals surface area (Å²) in [5, 5.41) is 0.618. The normalized spacial score (nSPS) is 12.6. The molecule has 1 aromatic heterocycles. The summed E-state index contributed by atoms with van der Waals surface area (Å²) in [6.45, 7) is 2.96. The highest BCUT2D eigenvalue weighted by atomic mass is 16.5. The number of para-hydroxylation sites is 1. The molecule has 0 saturated heterocycles. The monoisotopic (exact) mass is 527 g/mol. The number of nitrogens with zero attached hydrogens (tertiary/aromatic N) is 1. The van der Waals surface area contributed by atoms with E-state index in [1.165, 1.54) is 0 Å². The van der Waals surface area contributed by atoms with Crippen molar-refractivity contribution >= 4 is 34.3 Å². The molecule has 2 heterocycles. The number of Topliss-reactive ketones (excluding diaryl/α,β-unsaturated/α-hetero) is 1. The smallest absolute Gasteiger partial charge is 0.342 e. The largest absolute Gasteiger partial charge is 0.497 e. The van der Waals surface area contributed by atoms with Crippen LogP contribution in [0.25, 0.3) is 22.3 Å². The maximum Gasteiger partial charge on any atom is 0.342 e. The molecule has 1 aliphatic heterocycles. The number of fused-ring (bicyclic) bond motifs is 2. The molecule has 0 saturated carbocycles. The quantitative estimate of drug-likeness (QED) is 0.133. The fourth-order valence-electron chi connectivity index (χ4n) is 4.73. The minimum absolute atomic E-state index is 0.243. The van der Waals surface area contributed by atoms with Crippen LogP contribution in [0, 0.1) is 0 Å². The van der Waals surface area contributed by atoms with Crippen LogP contribution in [0.5, 0.6) is 11.5 Å². The zero-order valence-corrected chi connectivity index (χ0v) is 21.9. The molecule has 0 atom stereocenters. The van der Waals surface area contributed by atoms with E-state index in [1.54, 1.807) is 49.3 Å². The van der Waals surface area contributed by atoms with Crippen LogP contribution in [0.3, 0.4) is 0 Å². The van der Waals surface area contributed by atoms with Gasteiger partial charge in [-0.3, -0.25) is 9.59 Å². The minimum atomic E-state index is -0.465. The molecule has 3 aromatic carbocycles. The van der Waals surface area contributed by atoms with Crippen LogP contribution in [0.1, 0.15) is 46.9 Å². The van der Waals surface area contributed by atoms with Crippen molar-refractivity contribution in [1.29, 1.82) is 0 Å². The number of hydrogen-bond donors (Lipinski definition) is 0. The Labute approximate surface area is 226 Å². The zero-order chi connectivity index (χ0) is 27.4. The van der Waals surface area contributed by atoms with Gasteiger partial charge in [0.15, 0.2) is 0 Å². The molecule has 0 N–H and O–H groups in total. The topological polar surface area (TPSA) is 95.3 Å². The van der Waals surface area contributed by atoms with E-state index in [0.717, 1.165) is 24.8 Å². The molecule has 0 fully saturated rings. The molecule has 4 aromatic rings. The van der Waals surface area contributed by atoms with E-state index in [-0.39, 0.29) is 6.61 Å². The number of rotatable bonds is 11. The van der Waals surface area contributed by atoms with E-state index in [4.69, 9.17) is 18.6 Å². The van der Waals surface area contributed by atoms with Crippen LogP contribution < -0.4 is 14.4 Å². The number of ether oxygens (including phenoxy) is 3. The van der Waals surface area contributed by atoms with Gasteiger partial charge in [-0.25, -0.2) is 4.79 Å². The summed E-state index contributed by atoms with van der Waals surface area (Å²) in [4.78, 5) is 38.9. The Balaban J connectivity index is 1.23. The first-order valence-electron chi connectivity index (χ1n) is 13.0. The number of carbonyl (C=O) groups is 3. The molecule has 1 aliphatic rings. The number of furan rings is 1. The molecule has 1 amide bonds. The molecular weight excluding hydrogens is 498 g/mol. The van der Waals surface area contributed by atoms with Gasteiger partial charge in [0.2, 0.25) is 0 Å². The van der Waals surface area contributed by atoms with Gasteiger partial charge in [0.1, 0.15) is 28.4 Å². The van der Waals surface area contributed by atoms with E-state index in [1.807, 2.05) is 36.4 Å². The number of methoxy groups -OCH3 is 1. The van der Waals surface area contributed by atoms with Crippen LogP contribution in [0.15, 0.2) is 71.1 Å². The van der Waals surface area contributed by atoms with Crippen molar-refractivity contribution in [2.75, 3.05) is 31.8 Å². The van der Waals surface area contributed by atoms with E-state index in [9.17, 15) is 14.4 Å². The zero-order valence-electron chi connectivity index (χ0n) is 21.9. The SMILES string of the molecule is CCOC(=O)c1c(-c2ccc(OC)cc2)oc2ccc(OCCCCCN3C(=O)C(=O)c4ccccc43)cc12. The number of esters is 1. The van der Waals surface area contributed by atoms with Gasteiger partial charge < -0.3 is 23.5 Å². The second-order valence-corrected chi connectivity index (χ2v) is 9.13. The second kappa shape index (κ2) is 11.4. The highest BCUT2D eigenvalue weighted by Gasteiger charge is 2.34. The van der Waals surface area contributed by atoms with Gasteiger partial charge in [-0.1, -0.05) is 12.1 Å². The van der Waals surface area contributed by atoms with E-state index in [0.29, 0.717) is 58.2 Å². The Bertz CT molecular complexity index is 1520. The average molecular weight is 528 g/mol. The van der Waals surface area contributed by atoms with E-state index >= 15 is 0 Å². The predicted molar refractivity (Wildman–Crippen MR) is 147 cm³/mol. The summed E-state index contributed by atoms with van der Waals surface area (Å²) in [5.74, 6) is 0.377. The van der Waals surface area contributed by atoms with Crippen molar-refractivity contribution in [1.82, 2.24) is 0 Å². The highest BCUT2D eigenvalue weighted by molar-refractivity contribution is 6.52. The summed E-state index contributed by atoms with van der Waals surface area (Å²) >= 11 is 0. The number of carbonyl (C=O) groups excluding carboxylic acids is 3. The molecule has 200 valence electrons. The Kier molecular flexibility index (Phi) is 7.63. The van der Waals surface area contributed by atoms with Crippen LogP contribution in [0.2, 0.25) is 0 Å². The predicted octanol–water partition coefficient (Wildman–Crippen LogP) is 6.06. The molecule has 39 heavy (non-hydrogen) atoms. The molecule has 0 aliphatic carbocycles. The third-order valence-corrected chi connectivity index (χ3v) is 6.66. The first-order chi connectivity index (χ1) is 19.0. The fourth-order valence-corrected chi connectivity index (χ4v) is 4.73. The Morgan fingerprint density at radius 1 is 0.923 bits per heavy atom. The molecule has 5 rings (SSSR count). The number of anilines is 1. The van der Waals surface area contributed by atoms with E-state index < -0.39 is 17.7 Å². The van der Waals surface area contributed by atoms with Crippen LogP contribution in [-0.2, 0) is 9.53 Å². The van der Waals surface area contributed by atoms with Crippen LogP contribution >= 0.6 is 0 Å². The first kappa shape index (κ1) is 26.0. The minimum Gasteiger partial charge on any atom is -0.497 e. The molecular formula is C31H29NO7. The van der Waals surface area contributed by atoms with E-state index in [2.05, 4.69) is 0 Å². The molecule has 8 nitrogen and oxygen atoms in total. The lowest BCUT2D eigenvalue weighted by atomic mass is 10.1. The number of hydrogen-bond acceptors (Lipinski definition) is 7. The Morgan fingerprint density at radius 3 is 2.46 bits per heavy atom. The highest BCUT2D eigenvalue weighted by Crippen LogP contribution is 2.37. The summed E-state index contributed by atoms with van der Waals surface area (Å²) in [6, 6.07) is 19.8.